The van der Waals surface area contributed by atoms with Crippen LogP contribution in [0, 0.1) is 0 Å². The molecule has 8 heteroatoms. The highest BCUT2D eigenvalue weighted by atomic mass is 16.2. The van der Waals surface area contributed by atoms with E-state index in [1.165, 1.54) is 12.0 Å². The predicted octanol–water partition coefficient (Wildman–Crippen LogP) is 3.24. The molecule has 0 bridgehead atoms. The lowest BCUT2D eigenvalue weighted by atomic mass is 9.91. The average molecular weight is 409 g/mol. The summed E-state index contributed by atoms with van der Waals surface area (Å²) in [6, 6.07) is 7.72. The number of benzene rings is 1. The quantitative estimate of drug-likeness (QED) is 0.716. The van der Waals surface area contributed by atoms with Gasteiger partial charge in [0, 0.05) is 25.2 Å². The summed E-state index contributed by atoms with van der Waals surface area (Å²) in [5.74, 6) is 0.246. The maximum atomic E-state index is 13.0. The van der Waals surface area contributed by atoms with Crippen LogP contribution >= 0.6 is 0 Å². The van der Waals surface area contributed by atoms with E-state index in [2.05, 4.69) is 39.3 Å². The van der Waals surface area contributed by atoms with Crippen LogP contribution in [0.5, 0.6) is 0 Å². The maximum Gasteiger partial charge on any atom is 0.232 e. The second kappa shape index (κ2) is 8.30. The Balaban J connectivity index is 1.59. The molecule has 4 rings (SSSR count). The highest BCUT2D eigenvalue weighted by Crippen LogP contribution is 2.37. The van der Waals surface area contributed by atoms with E-state index < -0.39 is 5.92 Å². The fraction of sp³-hybridized carbons (Fsp3) is 0.455. The number of nitrogen functional groups attached to an aromatic ring is 1. The number of carbonyl (C=O) groups excluding carboxylic acids is 2. The van der Waals surface area contributed by atoms with E-state index >= 15 is 0 Å². The van der Waals surface area contributed by atoms with E-state index in [-0.39, 0.29) is 24.1 Å². The molecule has 2 aliphatic rings. The number of nitrogens with one attached hydrogen (secondary N) is 2. The van der Waals surface area contributed by atoms with Crippen molar-refractivity contribution in [2.75, 3.05) is 34.4 Å². The lowest BCUT2D eigenvalue weighted by Crippen LogP contribution is -2.35. The molecule has 2 aromatic rings. The zero-order valence-corrected chi connectivity index (χ0v) is 17.4. The number of piperidine rings is 1. The molecular weight excluding hydrogens is 380 g/mol. The summed E-state index contributed by atoms with van der Waals surface area (Å²) >= 11 is 0. The molecule has 0 spiro atoms. The Morgan fingerprint density at radius 3 is 2.53 bits per heavy atom. The zero-order chi connectivity index (χ0) is 21.3. The van der Waals surface area contributed by atoms with Crippen molar-refractivity contribution < 1.29 is 9.59 Å². The standard InChI is InChI=1S/C22H28N6O2/c1-13(2)14-6-8-15(9-7-14)24-21(30)16-12-17(29)25-20-18(16)19(23)26-22(27-20)28-10-4-3-5-11-28/h6-9,13,16H,3-5,10-12H2,1-2H3,(H,24,30)(H3,23,25,26,27,29)/t16-/m1/s1. The van der Waals surface area contributed by atoms with Gasteiger partial charge in [0.15, 0.2) is 0 Å². The predicted molar refractivity (Wildman–Crippen MR) is 118 cm³/mol. The van der Waals surface area contributed by atoms with Gasteiger partial charge in [-0.3, -0.25) is 9.59 Å². The number of carbonyl (C=O) groups is 2. The topological polar surface area (TPSA) is 113 Å². The monoisotopic (exact) mass is 408 g/mol. The van der Waals surface area contributed by atoms with Crippen molar-refractivity contribution in [2.45, 2.75) is 51.4 Å². The number of rotatable bonds is 4. The second-order valence-corrected chi connectivity index (χ2v) is 8.29. The first-order valence-electron chi connectivity index (χ1n) is 10.6. The fourth-order valence-electron chi connectivity index (χ4n) is 4.02. The minimum atomic E-state index is -0.728. The highest BCUT2D eigenvalue weighted by molar-refractivity contribution is 6.05. The number of amides is 2. The van der Waals surface area contributed by atoms with Crippen LogP contribution in [0.1, 0.15) is 62.5 Å². The molecule has 30 heavy (non-hydrogen) atoms. The van der Waals surface area contributed by atoms with Crippen molar-refractivity contribution in [1.82, 2.24) is 9.97 Å². The van der Waals surface area contributed by atoms with Crippen LogP contribution in [0.2, 0.25) is 0 Å². The lowest BCUT2D eigenvalue weighted by molar-refractivity contribution is -0.123. The van der Waals surface area contributed by atoms with Gasteiger partial charge in [-0.2, -0.15) is 9.97 Å². The minimum absolute atomic E-state index is 0.0134. The van der Waals surface area contributed by atoms with Crippen molar-refractivity contribution in [1.29, 1.82) is 0 Å². The van der Waals surface area contributed by atoms with Crippen LogP contribution in [-0.4, -0.2) is 34.9 Å². The third-order valence-electron chi connectivity index (χ3n) is 5.76. The van der Waals surface area contributed by atoms with Crippen molar-refractivity contribution in [3.05, 3.63) is 35.4 Å². The molecule has 0 radical (unpaired) electrons. The first-order valence-corrected chi connectivity index (χ1v) is 10.6. The molecule has 0 unspecified atom stereocenters. The number of hydrogen-bond acceptors (Lipinski definition) is 6. The van der Waals surface area contributed by atoms with Crippen LogP contribution < -0.4 is 21.3 Å². The Morgan fingerprint density at radius 2 is 1.87 bits per heavy atom. The fourth-order valence-corrected chi connectivity index (χ4v) is 4.02. The third kappa shape index (κ3) is 4.08. The Morgan fingerprint density at radius 1 is 1.17 bits per heavy atom. The Kier molecular flexibility index (Phi) is 5.57. The molecule has 4 N–H and O–H groups in total. The summed E-state index contributed by atoms with van der Waals surface area (Å²) in [4.78, 5) is 36.4. The number of nitrogens with zero attached hydrogens (tertiary/aromatic N) is 3. The molecule has 1 atom stereocenters. The summed E-state index contributed by atoms with van der Waals surface area (Å²) in [7, 11) is 0. The van der Waals surface area contributed by atoms with Crippen molar-refractivity contribution in [3.63, 3.8) is 0 Å². The first kappa shape index (κ1) is 20.1. The van der Waals surface area contributed by atoms with E-state index in [4.69, 9.17) is 5.73 Å². The molecule has 1 saturated heterocycles. The van der Waals surface area contributed by atoms with E-state index in [9.17, 15) is 9.59 Å². The Hall–Kier alpha value is -3.16. The smallest absolute Gasteiger partial charge is 0.232 e. The third-order valence-corrected chi connectivity index (χ3v) is 5.76. The van der Waals surface area contributed by atoms with E-state index in [0.29, 0.717) is 28.9 Å². The summed E-state index contributed by atoms with van der Waals surface area (Å²) in [6.07, 6.45) is 3.36. The molecule has 1 aromatic heterocycles. The van der Waals surface area contributed by atoms with E-state index in [1.807, 2.05) is 24.3 Å². The molecule has 0 aliphatic carbocycles. The molecule has 1 aromatic carbocycles. The molecule has 158 valence electrons. The molecule has 0 saturated carbocycles. The van der Waals surface area contributed by atoms with Gasteiger partial charge >= 0.3 is 0 Å². The summed E-state index contributed by atoms with van der Waals surface area (Å²) in [5, 5.41) is 5.68. The van der Waals surface area contributed by atoms with Gasteiger partial charge in [0.05, 0.1) is 11.5 Å². The van der Waals surface area contributed by atoms with E-state index in [1.54, 1.807) is 0 Å². The first-order chi connectivity index (χ1) is 14.4. The SMILES string of the molecule is CC(C)c1ccc(NC(=O)[C@@H]2CC(=O)Nc3nc(N4CCCCC4)nc(N)c32)cc1. The number of hydrogen-bond donors (Lipinski definition) is 3. The molecular formula is C22H28N6O2. The highest BCUT2D eigenvalue weighted by Gasteiger charge is 2.35. The van der Waals surface area contributed by atoms with Gasteiger partial charge in [-0.1, -0.05) is 26.0 Å². The minimum Gasteiger partial charge on any atom is -0.383 e. The Labute approximate surface area is 176 Å². The molecule has 8 nitrogen and oxygen atoms in total. The van der Waals surface area contributed by atoms with Gasteiger partial charge in [-0.25, -0.2) is 0 Å². The van der Waals surface area contributed by atoms with Gasteiger partial charge in [-0.15, -0.1) is 0 Å². The van der Waals surface area contributed by atoms with E-state index in [0.717, 1.165) is 25.9 Å². The van der Waals surface area contributed by atoms with Crippen LogP contribution in [-0.2, 0) is 9.59 Å². The van der Waals surface area contributed by atoms with Gasteiger partial charge < -0.3 is 21.3 Å². The molecule has 2 amide bonds. The Bertz CT molecular complexity index is 951. The maximum absolute atomic E-state index is 13.0. The average Bonchev–Trinajstić information content (AvgIpc) is 2.73. The van der Waals surface area contributed by atoms with Crippen molar-refractivity contribution in [3.8, 4) is 0 Å². The lowest BCUT2D eigenvalue weighted by Gasteiger charge is -2.30. The van der Waals surface area contributed by atoms with Crippen molar-refractivity contribution in [2.24, 2.45) is 0 Å². The van der Waals surface area contributed by atoms with Crippen LogP contribution in [0.3, 0.4) is 0 Å². The molecule has 1 fully saturated rings. The summed E-state index contributed by atoms with van der Waals surface area (Å²) < 4.78 is 0. The van der Waals surface area contributed by atoms with Gasteiger partial charge in [0.25, 0.3) is 0 Å². The number of aromatic nitrogens is 2. The van der Waals surface area contributed by atoms with Crippen LogP contribution in [0.4, 0.5) is 23.3 Å². The van der Waals surface area contributed by atoms with Gasteiger partial charge in [-0.05, 0) is 42.9 Å². The molecule has 3 heterocycles. The number of nitrogens with two attached hydrogens (primary N) is 1. The normalized spacial score (nSPS) is 18.7. The summed E-state index contributed by atoms with van der Waals surface area (Å²) in [6.45, 7) is 5.96. The summed E-state index contributed by atoms with van der Waals surface area (Å²) in [5.41, 5.74) is 8.63. The van der Waals surface area contributed by atoms with Gasteiger partial charge in [0.1, 0.15) is 11.6 Å². The van der Waals surface area contributed by atoms with Crippen LogP contribution in [0.25, 0.3) is 0 Å². The van der Waals surface area contributed by atoms with Crippen molar-refractivity contribution >= 4 is 35.1 Å². The second-order valence-electron chi connectivity index (χ2n) is 8.29. The zero-order valence-electron chi connectivity index (χ0n) is 17.4. The number of anilines is 4. The molecule has 2 aliphatic heterocycles. The van der Waals surface area contributed by atoms with Gasteiger partial charge in [0.2, 0.25) is 17.8 Å². The van der Waals surface area contributed by atoms with Crippen LogP contribution in [0.15, 0.2) is 24.3 Å². The largest absolute Gasteiger partial charge is 0.383 e. The number of fused-ring (bicyclic) bond motifs is 1.